The van der Waals surface area contributed by atoms with Crippen LogP contribution in [0.1, 0.15) is 30.5 Å². The highest BCUT2D eigenvalue weighted by Crippen LogP contribution is 2.16. The van der Waals surface area contributed by atoms with Crippen LogP contribution in [0.5, 0.6) is 0 Å². The Morgan fingerprint density at radius 2 is 2.08 bits per heavy atom. The topological polar surface area (TPSA) is 77.6 Å². The molecule has 0 fully saturated rings. The summed E-state index contributed by atoms with van der Waals surface area (Å²) in [7, 11) is 0. The van der Waals surface area contributed by atoms with Crippen molar-refractivity contribution >= 4 is 23.5 Å². The van der Waals surface area contributed by atoms with Crippen molar-refractivity contribution in [3.05, 3.63) is 59.1 Å². The molecule has 130 valence electrons. The molecule has 25 heavy (non-hydrogen) atoms. The van der Waals surface area contributed by atoms with Crippen LogP contribution in [0.15, 0.2) is 43.0 Å². The number of hydrogen-bond donors (Lipinski definition) is 1. The number of hydrogen-bond acceptors (Lipinski definition) is 4. The van der Waals surface area contributed by atoms with Gasteiger partial charge in [0.2, 0.25) is 5.95 Å². The van der Waals surface area contributed by atoms with Gasteiger partial charge in [-0.3, -0.25) is 14.8 Å². The molecule has 1 aromatic carbocycles. The summed E-state index contributed by atoms with van der Waals surface area (Å²) < 4.78 is 3.23. The molecule has 2 heterocycles. The Bertz CT molecular complexity index is 854. The average molecular weight is 359 g/mol. The molecular weight excluding hydrogens is 340 g/mol. The summed E-state index contributed by atoms with van der Waals surface area (Å²) in [5.41, 5.74) is 2.32. The van der Waals surface area contributed by atoms with Crippen LogP contribution in [-0.2, 0) is 11.3 Å². The fraction of sp³-hybridized carbons (Fsp3) is 0.294. The first-order valence-corrected chi connectivity index (χ1v) is 8.38. The number of nitrogens with zero attached hydrogens (tertiary/aromatic N) is 5. The molecule has 0 aliphatic carbocycles. The first kappa shape index (κ1) is 17.2. The molecule has 1 amide bonds. The van der Waals surface area contributed by atoms with E-state index in [0.717, 1.165) is 5.56 Å². The standard InChI is InChI=1S/C17H19ClN6O/c1-3-15(24-10-14(18)8-20-24)16(25)21-17-19-11-23(22-17)9-13-6-4-12(2)5-7-13/h4-8,10-11,15H,3,9H2,1-2H3,(H,21,22,25). The van der Waals surface area contributed by atoms with Crippen molar-refractivity contribution in [2.24, 2.45) is 0 Å². The van der Waals surface area contributed by atoms with Gasteiger partial charge in [-0.05, 0) is 18.9 Å². The van der Waals surface area contributed by atoms with Gasteiger partial charge in [0.25, 0.3) is 5.91 Å². The van der Waals surface area contributed by atoms with Gasteiger partial charge in [-0.25, -0.2) is 9.67 Å². The SMILES string of the molecule is CCC(C(=O)Nc1ncn(Cc2ccc(C)cc2)n1)n1cc(Cl)cn1. The second kappa shape index (κ2) is 7.48. The van der Waals surface area contributed by atoms with Crippen LogP contribution >= 0.6 is 11.6 Å². The predicted octanol–water partition coefficient (Wildman–Crippen LogP) is 3.07. The van der Waals surface area contributed by atoms with Crippen LogP contribution in [0.3, 0.4) is 0 Å². The molecule has 0 saturated carbocycles. The van der Waals surface area contributed by atoms with Gasteiger partial charge in [0.05, 0.1) is 17.8 Å². The maximum absolute atomic E-state index is 12.5. The second-order valence-electron chi connectivity index (χ2n) is 5.80. The number of benzene rings is 1. The Morgan fingerprint density at radius 3 is 2.72 bits per heavy atom. The Labute approximate surface area is 150 Å². The molecule has 0 aliphatic heterocycles. The van der Waals surface area contributed by atoms with E-state index in [1.54, 1.807) is 21.9 Å². The highest BCUT2D eigenvalue weighted by Gasteiger charge is 2.20. The van der Waals surface area contributed by atoms with E-state index in [4.69, 9.17) is 11.6 Å². The third-order valence-corrected chi connectivity index (χ3v) is 4.01. The molecule has 2 aromatic heterocycles. The Balaban J connectivity index is 1.65. The zero-order valence-electron chi connectivity index (χ0n) is 14.1. The first-order valence-electron chi connectivity index (χ1n) is 8.00. The van der Waals surface area contributed by atoms with Crippen molar-refractivity contribution in [1.82, 2.24) is 24.5 Å². The normalized spacial score (nSPS) is 12.1. The Hall–Kier alpha value is -2.67. The molecule has 0 radical (unpaired) electrons. The Morgan fingerprint density at radius 1 is 1.32 bits per heavy atom. The van der Waals surface area contributed by atoms with Crippen LogP contribution in [0.2, 0.25) is 5.02 Å². The van der Waals surface area contributed by atoms with E-state index in [-0.39, 0.29) is 11.9 Å². The monoisotopic (exact) mass is 358 g/mol. The molecule has 3 rings (SSSR count). The van der Waals surface area contributed by atoms with Crippen molar-refractivity contribution < 1.29 is 4.79 Å². The molecule has 1 atom stereocenters. The van der Waals surface area contributed by atoms with Crippen LogP contribution in [0, 0.1) is 6.92 Å². The maximum Gasteiger partial charge on any atom is 0.251 e. The molecule has 7 nitrogen and oxygen atoms in total. The lowest BCUT2D eigenvalue weighted by Crippen LogP contribution is -2.26. The van der Waals surface area contributed by atoms with E-state index in [1.807, 2.05) is 26.0 Å². The summed E-state index contributed by atoms with van der Waals surface area (Å²) in [5, 5.41) is 11.6. The molecule has 0 spiro atoms. The van der Waals surface area contributed by atoms with Crippen LogP contribution in [0.25, 0.3) is 0 Å². The summed E-state index contributed by atoms with van der Waals surface area (Å²) in [6.07, 6.45) is 5.31. The third-order valence-electron chi connectivity index (χ3n) is 3.82. The number of halogens is 1. The van der Waals surface area contributed by atoms with E-state index in [1.165, 1.54) is 11.8 Å². The lowest BCUT2D eigenvalue weighted by molar-refractivity contribution is -0.119. The van der Waals surface area contributed by atoms with Crippen molar-refractivity contribution in [3.63, 3.8) is 0 Å². The van der Waals surface area contributed by atoms with Gasteiger partial charge in [0.1, 0.15) is 12.4 Å². The van der Waals surface area contributed by atoms with Gasteiger partial charge in [-0.2, -0.15) is 5.10 Å². The number of amides is 1. The number of aromatic nitrogens is 5. The van der Waals surface area contributed by atoms with Gasteiger partial charge >= 0.3 is 0 Å². The molecule has 0 aliphatic rings. The fourth-order valence-electron chi connectivity index (χ4n) is 2.48. The van der Waals surface area contributed by atoms with Crippen molar-refractivity contribution in [2.45, 2.75) is 32.9 Å². The highest BCUT2D eigenvalue weighted by molar-refractivity contribution is 6.30. The highest BCUT2D eigenvalue weighted by atomic mass is 35.5. The number of anilines is 1. The minimum Gasteiger partial charge on any atom is -0.291 e. The summed E-state index contributed by atoms with van der Waals surface area (Å²) in [6.45, 7) is 4.54. The molecular formula is C17H19ClN6O. The van der Waals surface area contributed by atoms with Crippen molar-refractivity contribution in [2.75, 3.05) is 5.32 Å². The number of carbonyl (C=O) groups excluding carboxylic acids is 1. The number of nitrogens with one attached hydrogen (secondary N) is 1. The lowest BCUT2D eigenvalue weighted by Gasteiger charge is -2.13. The van der Waals surface area contributed by atoms with Gasteiger partial charge < -0.3 is 0 Å². The molecule has 1 N–H and O–H groups in total. The van der Waals surface area contributed by atoms with Gasteiger partial charge in [-0.15, -0.1) is 5.10 Å². The van der Waals surface area contributed by atoms with E-state index in [0.29, 0.717) is 18.0 Å². The van der Waals surface area contributed by atoms with Crippen LogP contribution < -0.4 is 5.32 Å². The van der Waals surface area contributed by atoms with Gasteiger partial charge in [0.15, 0.2) is 0 Å². The fourth-order valence-corrected chi connectivity index (χ4v) is 2.62. The lowest BCUT2D eigenvalue weighted by atomic mass is 10.1. The third kappa shape index (κ3) is 4.24. The molecule has 1 unspecified atom stereocenters. The Kier molecular flexibility index (Phi) is 5.14. The number of carbonyl (C=O) groups is 1. The molecule has 0 saturated heterocycles. The van der Waals surface area contributed by atoms with Gasteiger partial charge in [0, 0.05) is 6.20 Å². The summed E-state index contributed by atoms with van der Waals surface area (Å²) in [4.78, 5) is 16.6. The minimum atomic E-state index is -0.462. The second-order valence-corrected chi connectivity index (χ2v) is 6.24. The maximum atomic E-state index is 12.5. The first-order chi connectivity index (χ1) is 12.0. The van der Waals surface area contributed by atoms with Gasteiger partial charge in [-0.1, -0.05) is 48.4 Å². The molecule has 8 heteroatoms. The molecule has 0 bridgehead atoms. The van der Waals surface area contributed by atoms with E-state index in [9.17, 15) is 4.79 Å². The zero-order chi connectivity index (χ0) is 17.8. The summed E-state index contributed by atoms with van der Waals surface area (Å²) in [6, 6.07) is 7.73. The zero-order valence-corrected chi connectivity index (χ0v) is 14.8. The predicted molar refractivity (Wildman–Crippen MR) is 95.5 cm³/mol. The summed E-state index contributed by atoms with van der Waals surface area (Å²) in [5.74, 6) is 0.0455. The van der Waals surface area contributed by atoms with E-state index >= 15 is 0 Å². The number of rotatable bonds is 6. The van der Waals surface area contributed by atoms with E-state index < -0.39 is 6.04 Å². The number of aryl methyl sites for hydroxylation is 1. The largest absolute Gasteiger partial charge is 0.291 e. The van der Waals surface area contributed by atoms with Crippen molar-refractivity contribution in [3.8, 4) is 0 Å². The minimum absolute atomic E-state index is 0.227. The quantitative estimate of drug-likeness (QED) is 0.734. The summed E-state index contributed by atoms with van der Waals surface area (Å²) >= 11 is 5.87. The van der Waals surface area contributed by atoms with E-state index in [2.05, 4.69) is 32.6 Å². The van der Waals surface area contributed by atoms with Crippen LogP contribution in [-0.4, -0.2) is 30.5 Å². The van der Waals surface area contributed by atoms with Crippen molar-refractivity contribution in [1.29, 1.82) is 0 Å². The smallest absolute Gasteiger partial charge is 0.251 e. The molecule has 3 aromatic rings. The average Bonchev–Trinajstić information content (AvgIpc) is 3.20. The van der Waals surface area contributed by atoms with Crippen LogP contribution in [0.4, 0.5) is 5.95 Å².